The van der Waals surface area contributed by atoms with Crippen molar-refractivity contribution < 1.29 is 14.6 Å². The first-order valence-corrected chi connectivity index (χ1v) is 6.14. The van der Waals surface area contributed by atoms with Gasteiger partial charge in [0, 0.05) is 0 Å². The number of hydrogen-bond donors (Lipinski definition) is 1. The Labute approximate surface area is 110 Å². The molecule has 0 heterocycles. The predicted octanol–water partition coefficient (Wildman–Crippen LogP) is 3.42. The Morgan fingerprint density at radius 3 is 2.53 bits per heavy atom. The molecule has 0 aliphatic carbocycles. The normalized spacial score (nSPS) is 11.4. The first-order chi connectivity index (χ1) is 7.79. The lowest BCUT2D eigenvalue weighted by Crippen LogP contribution is -2.26. The van der Waals surface area contributed by atoms with E-state index in [1.165, 1.54) is 0 Å². The number of rotatable bonds is 4. The van der Waals surface area contributed by atoms with Gasteiger partial charge in [0.15, 0.2) is 0 Å². The molecule has 0 aliphatic heterocycles. The summed E-state index contributed by atoms with van der Waals surface area (Å²) in [5, 5.41) is 9.16. The monoisotopic (exact) mass is 300 g/mol. The van der Waals surface area contributed by atoms with Crippen LogP contribution in [-0.4, -0.2) is 18.2 Å². The van der Waals surface area contributed by atoms with Crippen molar-refractivity contribution in [2.24, 2.45) is 5.41 Å². The number of benzene rings is 1. The van der Waals surface area contributed by atoms with E-state index in [0.29, 0.717) is 6.42 Å². The molecule has 3 nitrogen and oxygen atoms in total. The van der Waals surface area contributed by atoms with Crippen LogP contribution in [0.25, 0.3) is 0 Å². The summed E-state index contributed by atoms with van der Waals surface area (Å²) in [7, 11) is 1.60. The standard InChI is InChI=1S/C13H17BrO3/c1-8-5-6-10(17-4)11(14)9(8)7-13(2,3)12(15)16/h5-6H,7H2,1-4H3,(H,15,16). The average molecular weight is 301 g/mol. The number of halogens is 1. The molecule has 1 aromatic carbocycles. The second kappa shape index (κ2) is 5.08. The third-order valence-corrected chi connectivity index (χ3v) is 3.73. The highest BCUT2D eigenvalue weighted by molar-refractivity contribution is 9.10. The van der Waals surface area contributed by atoms with Crippen LogP contribution in [0, 0.1) is 12.3 Å². The molecule has 4 heteroatoms. The number of hydrogen-bond acceptors (Lipinski definition) is 2. The summed E-state index contributed by atoms with van der Waals surface area (Å²) in [4.78, 5) is 11.2. The van der Waals surface area contributed by atoms with Crippen molar-refractivity contribution in [1.82, 2.24) is 0 Å². The van der Waals surface area contributed by atoms with Crippen LogP contribution in [0.1, 0.15) is 25.0 Å². The summed E-state index contributed by atoms with van der Waals surface area (Å²) < 4.78 is 6.06. The molecule has 1 aromatic rings. The summed E-state index contributed by atoms with van der Waals surface area (Å²) in [6, 6.07) is 3.81. The number of aliphatic carboxylic acids is 1. The van der Waals surface area contributed by atoms with Crippen molar-refractivity contribution in [3.63, 3.8) is 0 Å². The summed E-state index contributed by atoms with van der Waals surface area (Å²) in [5.41, 5.74) is 1.25. The van der Waals surface area contributed by atoms with Gasteiger partial charge >= 0.3 is 5.97 Å². The maximum absolute atomic E-state index is 11.2. The van der Waals surface area contributed by atoms with Crippen LogP contribution in [0.3, 0.4) is 0 Å². The minimum Gasteiger partial charge on any atom is -0.496 e. The smallest absolute Gasteiger partial charge is 0.309 e. The Morgan fingerprint density at radius 2 is 2.06 bits per heavy atom. The van der Waals surface area contributed by atoms with Crippen LogP contribution in [0.2, 0.25) is 0 Å². The first-order valence-electron chi connectivity index (χ1n) is 5.35. The van der Waals surface area contributed by atoms with Gasteiger partial charge in [-0.05, 0) is 60.3 Å². The zero-order valence-electron chi connectivity index (χ0n) is 10.5. The molecular weight excluding hydrogens is 284 g/mol. The van der Waals surface area contributed by atoms with E-state index in [0.717, 1.165) is 21.3 Å². The van der Waals surface area contributed by atoms with E-state index in [1.54, 1.807) is 21.0 Å². The lowest BCUT2D eigenvalue weighted by atomic mass is 9.84. The molecular formula is C13H17BrO3. The number of methoxy groups -OCH3 is 1. The zero-order valence-corrected chi connectivity index (χ0v) is 12.1. The van der Waals surface area contributed by atoms with Crippen molar-refractivity contribution in [2.45, 2.75) is 27.2 Å². The number of carbonyl (C=O) groups is 1. The van der Waals surface area contributed by atoms with E-state index >= 15 is 0 Å². The number of aryl methyl sites for hydroxylation is 1. The summed E-state index contributed by atoms with van der Waals surface area (Å²) in [6.07, 6.45) is 0.464. The number of carboxylic acid groups (broad SMARTS) is 1. The highest BCUT2D eigenvalue weighted by Crippen LogP contribution is 2.35. The second-order valence-corrected chi connectivity index (χ2v) is 5.54. The van der Waals surface area contributed by atoms with E-state index in [4.69, 9.17) is 9.84 Å². The second-order valence-electron chi connectivity index (χ2n) is 4.74. The molecule has 0 radical (unpaired) electrons. The molecule has 0 aromatic heterocycles. The molecule has 0 saturated carbocycles. The number of ether oxygens (including phenoxy) is 1. The highest BCUT2D eigenvalue weighted by atomic mass is 79.9. The van der Waals surface area contributed by atoms with Gasteiger partial charge in [-0.3, -0.25) is 4.79 Å². The van der Waals surface area contributed by atoms with Gasteiger partial charge in [-0.25, -0.2) is 0 Å². The summed E-state index contributed by atoms with van der Waals surface area (Å²) in [5.74, 6) is -0.0709. The lowest BCUT2D eigenvalue weighted by Gasteiger charge is -2.22. The Morgan fingerprint density at radius 1 is 1.47 bits per heavy atom. The Kier molecular flexibility index (Phi) is 4.20. The summed E-state index contributed by atoms with van der Waals surface area (Å²) in [6.45, 7) is 5.42. The van der Waals surface area contributed by atoms with Gasteiger partial charge in [-0.2, -0.15) is 0 Å². The molecule has 1 N–H and O–H groups in total. The van der Waals surface area contributed by atoms with Crippen LogP contribution in [0.4, 0.5) is 0 Å². The minimum absolute atomic E-state index is 0.464. The molecule has 0 aliphatic rings. The molecule has 0 atom stereocenters. The molecule has 0 unspecified atom stereocenters. The van der Waals surface area contributed by atoms with Crippen LogP contribution in [0.5, 0.6) is 5.75 Å². The molecule has 17 heavy (non-hydrogen) atoms. The van der Waals surface area contributed by atoms with Crippen molar-refractivity contribution in [2.75, 3.05) is 7.11 Å². The maximum Gasteiger partial charge on any atom is 0.309 e. The van der Waals surface area contributed by atoms with Crippen LogP contribution in [0.15, 0.2) is 16.6 Å². The fraction of sp³-hybridized carbons (Fsp3) is 0.462. The van der Waals surface area contributed by atoms with Gasteiger partial charge in [0.05, 0.1) is 17.0 Å². The van der Waals surface area contributed by atoms with Crippen LogP contribution < -0.4 is 4.74 Å². The predicted molar refractivity (Wildman–Crippen MR) is 70.6 cm³/mol. The third kappa shape index (κ3) is 3.00. The quantitative estimate of drug-likeness (QED) is 0.927. The van der Waals surface area contributed by atoms with Crippen molar-refractivity contribution >= 4 is 21.9 Å². The van der Waals surface area contributed by atoms with E-state index in [2.05, 4.69) is 15.9 Å². The Balaban J connectivity index is 3.18. The van der Waals surface area contributed by atoms with E-state index in [-0.39, 0.29) is 0 Å². The van der Waals surface area contributed by atoms with E-state index in [1.807, 2.05) is 19.1 Å². The highest BCUT2D eigenvalue weighted by Gasteiger charge is 2.29. The van der Waals surface area contributed by atoms with Gasteiger partial charge in [0.25, 0.3) is 0 Å². The molecule has 0 saturated heterocycles. The van der Waals surface area contributed by atoms with E-state index < -0.39 is 11.4 Å². The lowest BCUT2D eigenvalue weighted by molar-refractivity contribution is -0.146. The summed E-state index contributed by atoms with van der Waals surface area (Å²) >= 11 is 3.48. The minimum atomic E-state index is -0.799. The van der Waals surface area contributed by atoms with Gasteiger partial charge in [0.2, 0.25) is 0 Å². The van der Waals surface area contributed by atoms with E-state index in [9.17, 15) is 4.79 Å². The van der Waals surface area contributed by atoms with Gasteiger partial charge < -0.3 is 9.84 Å². The largest absolute Gasteiger partial charge is 0.496 e. The van der Waals surface area contributed by atoms with Crippen molar-refractivity contribution in [3.05, 3.63) is 27.7 Å². The third-order valence-electron chi connectivity index (χ3n) is 2.86. The molecule has 0 fully saturated rings. The van der Waals surface area contributed by atoms with Crippen molar-refractivity contribution in [3.8, 4) is 5.75 Å². The van der Waals surface area contributed by atoms with Gasteiger partial charge in [-0.15, -0.1) is 0 Å². The fourth-order valence-electron chi connectivity index (χ4n) is 1.59. The molecule has 94 valence electrons. The maximum atomic E-state index is 11.2. The van der Waals surface area contributed by atoms with Crippen LogP contribution >= 0.6 is 15.9 Å². The average Bonchev–Trinajstić information content (AvgIpc) is 2.24. The van der Waals surface area contributed by atoms with Crippen LogP contribution in [-0.2, 0) is 11.2 Å². The Hall–Kier alpha value is -1.03. The fourth-order valence-corrected chi connectivity index (χ4v) is 2.34. The van der Waals surface area contributed by atoms with Gasteiger partial charge in [-0.1, -0.05) is 6.07 Å². The Bertz CT molecular complexity index is 439. The molecule has 1 rings (SSSR count). The molecule has 0 amide bonds. The first kappa shape index (κ1) is 14.0. The van der Waals surface area contributed by atoms with Crippen molar-refractivity contribution in [1.29, 1.82) is 0 Å². The molecule has 0 spiro atoms. The number of carboxylic acids is 1. The topological polar surface area (TPSA) is 46.5 Å². The SMILES string of the molecule is COc1ccc(C)c(CC(C)(C)C(=O)O)c1Br. The molecule has 0 bridgehead atoms. The zero-order chi connectivity index (χ0) is 13.2. The van der Waals surface area contributed by atoms with Gasteiger partial charge in [0.1, 0.15) is 5.75 Å².